The number of halogens is 3. The fourth-order valence-electron chi connectivity index (χ4n) is 7.23. The molecule has 1 amide bonds. The monoisotopic (exact) mass is 1160 g/mol. The summed E-state index contributed by atoms with van der Waals surface area (Å²) in [6.45, 7) is 10.9. The summed E-state index contributed by atoms with van der Waals surface area (Å²) in [6.07, 6.45) is -1.90. The Balaban J connectivity index is 0. The van der Waals surface area contributed by atoms with Gasteiger partial charge in [-0.05, 0) is 48.5 Å². The number of aliphatic hydroxyl groups is 5. The molecule has 27 nitrogen and oxygen atoms in total. The molecule has 6 heterocycles. The maximum absolute atomic E-state index is 12.7. The number of nitrogens with zero attached hydrogens (tertiary/aromatic N) is 3. The molecule has 2 saturated heterocycles. The Kier molecular flexibility index (Phi) is 30.0. The van der Waals surface area contributed by atoms with E-state index in [1.807, 2.05) is 0 Å². The molecule has 0 unspecified atom stereocenters. The van der Waals surface area contributed by atoms with Crippen LogP contribution in [0.25, 0.3) is 22.1 Å². The molecule has 0 aromatic carbocycles. The maximum atomic E-state index is 12.7. The maximum Gasteiger partial charge on any atom is 0.523 e. The number of alkyl halides is 3. The first-order valence-corrected chi connectivity index (χ1v) is 26.5. The normalized spacial score (nSPS) is 21.6. The van der Waals surface area contributed by atoms with Crippen molar-refractivity contribution in [3.05, 3.63) is 56.9 Å². The molecule has 0 saturated carbocycles. The van der Waals surface area contributed by atoms with Crippen LogP contribution >= 0.6 is 15.2 Å². The summed E-state index contributed by atoms with van der Waals surface area (Å²) in [4.78, 5) is 56.3. The SMILES string of the molecule is C.C.C.C.C.CC(C)(C)OC(=O)N1[C@H](CO)[C@@H](O)[C@@H](O)[C@@H]1c1c[nH]c2c(=O)[nH]cnc12.CCOP(=O)(COC[C@H]1N[C@@H](c2c[nH]c3c(=O)[nH]cnc23)[C@H](O)[C@@H]1O)OCC.CCOP(=O)(COS(=O)(=O)C(F)(F)F)OCC. The fraction of sp³-hybridized carbons (Fsp3) is 0.698. The summed E-state index contributed by atoms with van der Waals surface area (Å²) in [5, 5.41) is 54.4. The number of amides is 1. The van der Waals surface area contributed by atoms with Crippen molar-refractivity contribution in [1.29, 1.82) is 0 Å². The Bertz CT molecular complexity index is 2700. The van der Waals surface area contributed by atoms with Crippen LogP contribution in [-0.2, 0) is 51.0 Å². The van der Waals surface area contributed by atoms with Crippen LogP contribution < -0.4 is 16.4 Å². The second-order valence-corrected chi connectivity index (χ2v) is 21.8. The highest BCUT2D eigenvalue weighted by atomic mass is 32.2. The molecule has 2 fully saturated rings. The first-order valence-electron chi connectivity index (χ1n) is 21.6. The molecule has 2 aliphatic rings. The van der Waals surface area contributed by atoms with Crippen LogP contribution in [0.15, 0.2) is 34.6 Å². The number of aromatic nitrogens is 6. The van der Waals surface area contributed by atoms with Crippen LogP contribution in [0.2, 0.25) is 0 Å². The van der Waals surface area contributed by atoms with Gasteiger partial charge in [-0.25, -0.2) is 14.8 Å². The number of ether oxygens (including phenoxy) is 2. The van der Waals surface area contributed by atoms with Crippen molar-refractivity contribution in [2.75, 3.05) is 52.3 Å². The summed E-state index contributed by atoms with van der Waals surface area (Å²) >= 11 is 0. The Morgan fingerprint density at radius 2 is 1.16 bits per heavy atom. The van der Waals surface area contributed by atoms with Crippen molar-refractivity contribution in [1.82, 2.24) is 40.1 Å². The smallest absolute Gasteiger partial charge is 0.444 e. The molecule has 33 heteroatoms. The Labute approximate surface area is 439 Å². The molecule has 442 valence electrons. The van der Waals surface area contributed by atoms with E-state index in [4.69, 9.17) is 18.5 Å². The van der Waals surface area contributed by atoms with Gasteiger partial charge in [-0.15, -0.1) is 0 Å². The van der Waals surface area contributed by atoms with Crippen molar-refractivity contribution in [2.24, 2.45) is 0 Å². The van der Waals surface area contributed by atoms with E-state index in [1.165, 1.54) is 32.7 Å². The first kappa shape index (κ1) is 73.9. The minimum atomic E-state index is -5.80. The molecule has 4 aromatic heterocycles. The van der Waals surface area contributed by atoms with Gasteiger partial charge in [0.05, 0.1) is 82.6 Å². The van der Waals surface area contributed by atoms with E-state index >= 15 is 0 Å². The van der Waals surface area contributed by atoms with Crippen LogP contribution in [0.4, 0.5) is 18.0 Å². The zero-order chi connectivity index (χ0) is 53.3. The number of H-pyrrole nitrogens is 4. The second kappa shape index (κ2) is 30.8. The van der Waals surface area contributed by atoms with E-state index in [2.05, 4.69) is 48.5 Å². The summed E-state index contributed by atoms with van der Waals surface area (Å²) in [7, 11) is -13.1. The largest absolute Gasteiger partial charge is 0.523 e. The van der Waals surface area contributed by atoms with Gasteiger partial charge >= 0.3 is 36.9 Å². The number of aromatic amines is 4. The highest BCUT2D eigenvalue weighted by molar-refractivity contribution is 7.87. The summed E-state index contributed by atoms with van der Waals surface area (Å²) in [5.74, 6) is 0. The summed E-state index contributed by atoms with van der Waals surface area (Å²) in [5.41, 5.74) is -5.07. The zero-order valence-corrected chi connectivity index (χ0v) is 41.9. The first-order chi connectivity index (χ1) is 33.1. The molecule has 4 aromatic rings. The van der Waals surface area contributed by atoms with Gasteiger partial charge in [0.2, 0.25) is 0 Å². The quantitative estimate of drug-likeness (QED) is 0.0351. The molecule has 0 radical (unpaired) electrons. The van der Waals surface area contributed by atoms with Crippen molar-refractivity contribution in [3.63, 3.8) is 0 Å². The molecule has 0 bridgehead atoms. The van der Waals surface area contributed by atoms with E-state index in [0.717, 1.165) is 4.90 Å². The lowest BCUT2D eigenvalue weighted by atomic mass is 10.0. The van der Waals surface area contributed by atoms with Gasteiger partial charge in [0.15, 0.2) is 6.35 Å². The van der Waals surface area contributed by atoms with Crippen molar-refractivity contribution in [2.45, 2.75) is 145 Å². The highest BCUT2D eigenvalue weighted by Crippen LogP contribution is 2.49. The van der Waals surface area contributed by atoms with E-state index in [0.29, 0.717) is 16.6 Å². The van der Waals surface area contributed by atoms with Gasteiger partial charge in [0.1, 0.15) is 52.3 Å². The molecule has 8 atom stereocenters. The molecular weight excluding hydrogens is 1080 g/mol. The highest BCUT2D eigenvalue weighted by Gasteiger charge is 2.53. The minimum absolute atomic E-state index is 0. The topological polar surface area (TPSA) is 389 Å². The molecule has 6 rings (SSSR count). The van der Waals surface area contributed by atoms with Crippen LogP contribution in [0, 0.1) is 0 Å². The zero-order valence-electron chi connectivity index (χ0n) is 39.3. The van der Waals surface area contributed by atoms with E-state index in [-0.39, 0.29) is 98.6 Å². The second-order valence-electron chi connectivity index (χ2n) is 16.2. The van der Waals surface area contributed by atoms with Crippen molar-refractivity contribution in [3.8, 4) is 0 Å². The number of carbonyl (C=O) groups is 1. The van der Waals surface area contributed by atoms with Crippen molar-refractivity contribution < 1.29 is 92.8 Å². The van der Waals surface area contributed by atoms with E-state index in [9.17, 15) is 70.6 Å². The summed E-state index contributed by atoms with van der Waals surface area (Å²) in [6, 6.07) is -3.38. The van der Waals surface area contributed by atoms with Gasteiger partial charge in [-0.2, -0.15) is 21.6 Å². The fourth-order valence-corrected chi connectivity index (χ4v) is 10.8. The Morgan fingerprint density at radius 3 is 1.59 bits per heavy atom. The lowest BCUT2D eigenvalue weighted by Gasteiger charge is -2.32. The lowest BCUT2D eigenvalue weighted by Crippen LogP contribution is -2.45. The third kappa shape index (κ3) is 17.9. The molecular formula is C43H79F3N8O19P2S. The number of hydrogen-bond donors (Lipinski definition) is 10. The number of carbonyl (C=O) groups excluding carboxylic acids is 1. The number of fused-ring (bicyclic) bond motifs is 2. The lowest BCUT2D eigenvalue weighted by molar-refractivity contribution is -0.0534. The van der Waals surface area contributed by atoms with Crippen LogP contribution in [-0.4, -0.2) is 175 Å². The molecule has 10 N–H and O–H groups in total. The summed E-state index contributed by atoms with van der Waals surface area (Å²) < 4.78 is 115. The van der Waals surface area contributed by atoms with Gasteiger partial charge in [-0.3, -0.25) is 27.8 Å². The Morgan fingerprint density at radius 1 is 0.711 bits per heavy atom. The van der Waals surface area contributed by atoms with Gasteiger partial charge in [-0.1, -0.05) is 37.1 Å². The number of aliphatic hydroxyl groups excluding tert-OH is 5. The predicted molar refractivity (Wildman–Crippen MR) is 276 cm³/mol. The molecule has 76 heavy (non-hydrogen) atoms. The third-order valence-corrected chi connectivity index (χ3v) is 14.9. The number of hydrogen-bond acceptors (Lipinski definition) is 22. The van der Waals surface area contributed by atoms with Crippen LogP contribution in [0.5, 0.6) is 0 Å². The number of rotatable bonds is 18. The third-order valence-electron chi connectivity index (χ3n) is 10.2. The van der Waals surface area contributed by atoms with Gasteiger partial charge in [0.25, 0.3) is 11.1 Å². The average Bonchev–Trinajstić information content (AvgIpc) is 4.04. The molecule has 0 aliphatic carbocycles. The standard InChI is InChI=1S/C16H25N4O7P.C16H22N4O6.C6H12F3O6PS.5CH4/c1-3-26-28(24,27-4-2)8-25-6-10-14(21)15(22)12(20-10)9-5-17-13-11(9)18-7-19-16(13)23;1-16(2,3)26-15(25)20-8(5-21)12(22)13(23)11(20)7-4-17-10-9(7)18-6-19-14(10)24;1-3-13-16(10,14-4-2)5-15-17(11,12)6(7,8)9;;;;;/h5,7,10,12,14-15,17,20-22H,3-4,6,8H2,1-2H3,(H,18,19,23);4,6,8,11-13,17,21-23H,5H2,1-3H3,(H,18,19,24);3-5H2,1-2H3;5*1H4/t10-,12+,14-,15+;8-,11+,12-,13+;;;;;;/m11....../s1. The number of likely N-dealkylation sites (tertiary alicyclic amines) is 1. The van der Waals surface area contributed by atoms with Crippen LogP contribution in [0.3, 0.4) is 0 Å². The Hall–Kier alpha value is -4.17. The number of nitrogens with one attached hydrogen (secondary N) is 5. The van der Waals surface area contributed by atoms with Crippen LogP contribution in [0.1, 0.15) is 109 Å². The van der Waals surface area contributed by atoms with E-state index < -0.39 is 110 Å². The van der Waals surface area contributed by atoms with Crippen molar-refractivity contribution >= 4 is 53.5 Å². The predicted octanol–water partition coefficient (Wildman–Crippen LogP) is 5.11. The van der Waals surface area contributed by atoms with Gasteiger partial charge < -0.3 is 78.4 Å². The average molecular weight is 1160 g/mol. The molecule has 0 spiro atoms. The van der Waals surface area contributed by atoms with E-state index in [1.54, 1.807) is 40.8 Å². The minimum Gasteiger partial charge on any atom is -0.444 e. The molecule has 2 aliphatic heterocycles. The van der Waals surface area contributed by atoms with Gasteiger partial charge in [0, 0.05) is 23.5 Å².